The number of hydrogen-bond acceptors (Lipinski definition) is 2. The second kappa shape index (κ2) is 5.09. The highest BCUT2D eigenvalue weighted by Gasteiger charge is 2.37. The average Bonchev–Trinajstić information content (AvgIpc) is 2.46. The van der Waals surface area contributed by atoms with E-state index in [0.29, 0.717) is 12.8 Å². The van der Waals surface area contributed by atoms with Crippen LogP contribution < -0.4 is 5.73 Å². The van der Waals surface area contributed by atoms with Crippen LogP contribution in [-0.2, 0) is 0 Å². The third kappa shape index (κ3) is 2.52. The Labute approximate surface area is 117 Å². The van der Waals surface area contributed by atoms with Crippen LogP contribution in [0.1, 0.15) is 37.3 Å². The van der Waals surface area contributed by atoms with Crippen LogP contribution in [0.4, 0.5) is 8.78 Å². The third-order valence-electron chi connectivity index (χ3n) is 4.31. The summed E-state index contributed by atoms with van der Waals surface area (Å²) in [5.74, 6) is -2.38. The molecule has 0 radical (unpaired) electrons. The second-order valence-electron chi connectivity index (χ2n) is 5.64. The van der Waals surface area contributed by atoms with E-state index in [1.807, 2.05) is 30.3 Å². The Morgan fingerprint density at radius 2 is 1.90 bits per heavy atom. The maximum absolute atomic E-state index is 13.2. The molecule has 2 nitrogen and oxygen atoms in total. The Morgan fingerprint density at radius 3 is 2.65 bits per heavy atom. The van der Waals surface area contributed by atoms with Crippen molar-refractivity contribution < 1.29 is 8.78 Å². The van der Waals surface area contributed by atoms with Gasteiger partial charge in [0.1, 0.15) is 0 Å². The van der Waals surface area contributed by atoms with Crippen molar-refractivity contribution in [3.8, 4) is 0 Å². The van der Waals surface area contributed by atoms with Crippen molar-refractivity contribution in [3.63, 3.8) is 0 Å². The Bertz CT molecular complexity index is 597. The second-order valence-corrected chi connectivity index (χ2v) is 5.64. The normalized spacial score (nSPS) is 20.9. The fourth-order valence-corrected chi connectivity index (χ4v) is 3.09. The molecule has 0 spiro atoms. The van der Waals surface area contributed by atoms with E-state index in [2.05, 4.69) is 4.98 Å². The van der Waals surface area contributed by atoms with E-state index in [1.165, 1.54) is 0 Å². The van der Waals surface area contributed by atoms with Gasteiger partial charge in [-0.25, -0.2) is 8.78 Å². The molecule has 1 saturated carbocycles. The number of halogens is 2. The van der Waals surface area contributed by atoms with Crippen molar-refractivity contribution >= 4 is 10.9 Å². The van der Waals surface area contributed by atoms with Crippen molar-refractivity contribution in [1.29, 1.82) is 0 Å². The van der Waals surface area contributed by atoms with Gasteiger partial charge in [0.25, 0.3) is 0 Å². The first-order valence-electron chi connectivity index (χ1n) is 7.04. The SMILES string of the molecule is NC(c1cccc2ncccc12)C1CCC(F)(F)CC1. The average molecular weight is 276 g/mol. The molecule has 1 aromatic heterocycles. The number of nitrogens with two attached hydrogens (primary N) is 1. The zero-order valence-corrected chi connectivity index (χ0v) is 11.2. The maximum atomic E-state index is 13.2. The van der Waals surface area contributed by atoms with Crippen molar-refractivity contribution in [2.24, 2.45) is 11.7 Å². The molecular formula is C16H18F2N2. The number of aromatic nitrogens is 1. The van der Waals surface area contributed by atoms with Gasteiger partial charge in [-0.3, -0.25) is 4.98 Å². The molecule has 106 valence electrons. The molecule has 2 aromatic rings. The van der Waals surface area contributed by atoms with E-state index < -0.39 is 5.92 Å². The number of hydrogen-bond donors (Lipinski definition) is 1. The Morgan fingerprint density at radius 1 is 1.15 bits per heavy atom. The lowest BCUT2D eigenvalue weighted by Crippen LogP contribution is -2.31. The summed E-state index contributed by atoms with van der Waals surface area (Å²) >= 11 is 0. The molecule has 0 bridgehead atoms. The minimum absolute atomic E-state index is 0.0472. The first kappa shape index (κ1) is 13.4. The van der Waals surface area contributed by atoms with Gasteiger partial charge in [0.05, 0.1) is 5.52 Å². The summed E-state index contributed by atoms with van der Waals surface area (Å²) in [5, 5.41) is 1.03. The van der Waals surface area contributed by atoms with Gasteiger partial charge in [-0.05, 0) is 36.5 Å². The van der Waals surface area contributed by atoms with E-state index in [4.69, 9.17) is 5.73 Å². The number of rotatable bonds is 2. The van der Waals surface area contributed by atoms with E-state index >= 15 is 0 Å². The first-order chi connectivity index (χ1) is 9.57. The monoisotopic (exact) mass is 276 g/mol. The largest absolute Gasteiger partial charge is 0.324 e. The van der Waals surface area contributed by atoms with Crippen LogP contribution in [0.2, 0.25) is 0 Å². The van der Waals surface area contributed by atoms with Gasteiger partial charge in [0.2, 0.25) is 5.92 Å². The lowest BCUT2D eigenvalue weighted by molar-refractivity contribution is -0.0483. The zero-order chi connectivity index (χ0) is 14.2. The minimum Gasteiger partial charge on any atom is -0.324 e. The van der Waals surface area contributed by atoms with Crippen LogP contribution >= 0.6 is 0 Å². The van der Waals surface area contributed by atoms with Crippen molar-refractivity contribution in [2.45, 2.75) is 37.6 Å². The maximum Gasteiger partial charge on any atom is 0.248 e. The lowest BCUT2D eigenvalue weighted by Gasteiger charge is -2.32. The van der Waals surface area contributed by atoms with Crippen molar-refractivity contribution in [3.05, 3.63) is 42.1 Å². The van der Waals surface area contributed by atoms with Gasteiger partial charge in [-0.1, -0.05) is 18.2 Å². The molecule has 1 atom stereocenters. The summed E-state index contributed by atoms with van der Waals surface area (Å²) in [6, 6.07) is 9.55. The van der Waals surface area contributed by atoms with Gasteiger partial charge in [0, 0.05) is 30.5 Å². The fourth-order valence-electron chi connectivity index (χ4n) is 3.09. The summed E-state index contributed by atoms with van der Waals surface area (Å²) in [6.45, 7) is 0. The predicted molar refractivity (Wildman–Crippen MR) is 75.6 cm³/mol. The number of pyridine rings is 1. The molecule has 0 amide bonds. The molecule has 0 aliphatic heterocycles. The van der Waals surface area contributed by atoms with E-state index in [1.54, 1.807) is 6.20 Å². The van der Waals surface area contributed by atoms with Crippen LogP contribution in [-0.4, -0.2) is 10.9 Å². The Hall–Kier alpha value is -1.55. The quantitative estimate of drug-likeness (QED) is 0.898. The molecule has 1 aromatic carbocycles. The molecule has 1 fully saturated rings. The van der Waals surface area contributed by atoms with Gasteiger partial charge in [0.15, 0.2) is 0 Å². The van der Waals surface area contributed by atoms with Gasteiger partial charge >= 0.3 is 0 Å². The van der Waals surface area contributed by atoms with Crippen molar-refractivity contribution in [1.82, 2.24) is 4.98 Å². The van der Waals surface area contributed by atoms with Crippen LogP contribution in [0.3, 0.4) is 0 Å². The Kier molecular flexibility index (Phi) is 3.42. The standard InChI is InChI=1S/C16H18F2N2/c17-16(18)8-6-11(7-9-16)15(19)13-3-1-5-14-12(13)4-2-10-20-14/h1-5,10-11,15H,6-9,19H2. The summed E-state index contributed by atoms with van der Waals surface area (Å²) in [4.78, 5) is 4.32. The number of benzene rings is 1. The van der Waals surface area contributed by atoms with Crippen molar-refractivity contribution in [2.75, 3.05) is 0 Å². The van der Waals surface area contributed by atoms with Crippen LogP contribution in [0, 0.1) is 5.92 Å². The molecular weight excluding hydrogens is 258 g/mol. The summed E-state index contributed by atoms with van der Waals surface area (Å²) in [5.41, 5.74) is 8.28. The number of alkyl halides is 2. The lowest BCUT2D eigenvalue weighted by atomic mass is 9.79. The zero-order valence-electron chi connectivity index (χ0n) is 11.2. The Balaban J connectivity index is 1.88. The molecule has 1 unspecified atom stereocenters. The molecule has 1 heterocycles. The first-order valence-corrected chi connectivity index (χ1v) is 7.04. The van der Waals surface area contributed by atoms with Crippen LogP contribution in [0.15, 0.2) is 36.5 Å². The van der Waals surface area contributed by atoms with Crippen LogP contribution in [0.5, 0.6) is 0 Å². The topological polar surface area (TPSA) is 38.9 Å². The highest BCUT2D eigenvalue weighted by Crippen LogP contribution is 2.41. The molecule has 1 aliphatic carbocycles. The summed E-state index contributed by atoms with van der Waals surface area (Å²) < 4.78 is 26.5. The third-order valence-corrected chi connectivity index (χ3v) is 4.31. The summed E-state index contributed by atoms with van der Waals surface area (Å²) in [6.07, 6.45) is 2.64. The highest BCUT2D eigenvalue weighted by molar-refractivity contribution is 5.82. The van der Waals surface area contributed by atoms with Crippen LogP contribution in [0.25, 0.3) is 10.9 Å². The van der Waals surface area contributed by atoms with E-state index in [0.717, 1.165) is 16.5 Å². The molecule has 3 rings (SSSR count). The molecule has 20 heavy (non-hydrogen) atoms. The predicted octanol–water partition coefficient (Wildman–Crippen LogP) is 4.06. The molecule has 4 heteroatoms. The minimum atomic E-state index is -2.50. The molecule has 2 N–H and O–H groups in total. The van der Waals surface area contributed by atoms with Gasteiger partial charge in [-0.2, -0.15) is 0 Å². The van der Waals surface area contributed by atoms with E-state index in [-0.39, 0.29) is 24.8 Å². The number of fused-ring (bicyclic) bond motifs is 1. The van der Waals surface area contributed by atoms with E-state index in [9.17, 15) is 8.78 Å². The fraction of sp³-hybridized carbons (Fsp3) is 0.438. The summed E-state index contributed by atoms with van der Waals surface area (Å²) in [7, 11) is 0. The molecule has 0 saturated heterocycles. The smallest absolute Gasteiger partial charge is 0.248 e. The highest BCUT2D eigenvalue weighted by atomic mass is 19.3. The molecule has 1 aliphatic rings. The van der Waals surface area contributed by atoms with Gasteiger partial charge in [-0.15, -0.1) is 0 Å². The van der Waals surface area contributed by atoms with Gasteiger partial charge < -0.3 is 5.73 Å². The number of nitrogens with zero attached hydrogens (tertiary/aromatic N) is 1.